The van der Waals surface area contributed by atoms with Crippen LogP contribution in [0.3, 0.4) is 0 Å². The number of nitrogens with two attached hydrogens (primary N) is 1. The molecule has 2 N–H and O–H groups in total. The van der Waals surface area contributed by atoms with Gasteiger partial charge in [0.15, 0.2) is 0 Å². The maximum Gasteiger partial charge on any atom is 0.149 e. The van der Waals surface area contributed by atoms with Crippen LogP contribution in [0.15, 0.2) is 12.4 Å². The second-order valence-electron chi connectivity index (χ2n) is 3.73. The quantitative estimate of drug-likeness (QED) is 0.790. The molecular formula is C10H18N4. The Morgan fingerprint density at radius 2 is 2.14 bits per heavy atom. The van der Waals surface area contributed by atoms with Gasteiger partial charge in [-0.05, 0) is 12.8 Å². The lowest BCUT2D eigenvalue weighted by atomic mass is 10.2. The Morgan fingerprint density at radius 1 is 1.43 bits per heavy atom. The molecule has 14 heavy (non-hydrogen) atoms. The first-order chi connectivity index (χ1) is 6.63. The monoisotopic (exact) mass is 194 g/mol. The van der Waals surface area contributed by atoms with Gasteiger partial charge in [0, 0.05) is 13.1 Å². The van der Waals surface area contributed by atoms with Crippen LogP contribution in [-0.4, -0.2) is 23.1 Å². The van der Waals surface area contributed by atoms with Crippen molar-refractivity contribution >= 4 is 11.6 Å². The van der Waals surface area contributed by atoms with E-state index in [1.165, 1.54) is 0 Å². The molecule has 0 aliphatic carbocycles. The fourth-order valence-electron chi connectivity index (χ4n) is 1.35. The molecule has 0 fully saturated rings. The second kappa shape index (κ2) is 4.79. The molecule has 1 aromatic rings. The van der Waals surface area contributed by atoms with E-state index in [9.17, 15) is 0 Å². The summed E-state index contributed by atoms with van der Waals surface area (Å²) < 4.78 is 0. The second-order valence-corrected chi connectivity index (χ2v) is 3.73. The highest BCUT2D eigenvalue weighted by molar-refractivity contribution is 5.41. The number of aromatic nitrogens is 2. The van der Waals surface area contributed by atoms with Gasteiger partial charge in [-0.15, -0.1) is 0 Å². The number of nitrogen functional groups attached to an aromatic ring is 1. The van der Waals surface area contributed by atoms with E-state index in [1.807, 2.05) is 0 Å². The fraction of sp³-hybridized carbons (Fsp3) is 0.600. The molecule has 0 spiro atoms. The highest BCUT2D eigenvalue weighted by atomic mass is 15.2. The maximum atomic E-state index is 5.58. The SMILES string of the molecule is CCN(CC(C)C)c1cncc(N)n1. The molecule has 0 aromatic carbocycles. The zero-order chi connectivity index (χ0) is 10.6. The average molecular weight is 194 g/mol. The number of hydrogen-bond donors (Lipinski definition) is 1. The van der Waals surface area contributed by atoms with Crippen molar-refractivity contribution in [2.45, 2.75) is 20.8 Å². The molecule has 78 valence electrons. The molecule has 0 unspecified atom stereocenters. The Morgan fingerprint density at radius 3 is 2.64 bits per heavy atom. The van der Waals surface area contributed by atoms with E-state index in [1.54, 1.807) is 12.4 Å². The van der Waals surface area contributed by atoms with Crippen LogP contribution in [0.5, 0.6) is 0 Å². The lowest BCUT2D eigenvalue weighted by molar-refractivity contribution is 0.614. The topological polar surface area (TPSA) is 55.0 Å². The molecule has 0 atom stereocenters. The Bertz CT molecular complexity index is 285. The van der Waals surface area contributed by atoms with Crippen LogP contribution in [0.2, 0.25) is 0 Å². The molecule has 1 heterocycles. The number of anilines is 2. The number of nitrogens with zero attached hydrogens (tertiary/aromatic N) is 3. The first kappa shape index (κ1) is 10.8. The summed E-state index contributed by atoms with van der Waals surface area (Å²) in [4.78, 5) is 10.4. The summed E-state index contributed by atoms with van der Waals surface area (Å²) in [5.74, 6) is 1.95. The van der Waals surface area contributed by atoms with E-state index in [4.69, 9.17) is 5.73 Å². The van der Waals surface area contributed by atoms with Gasteiger partial charge in [-0.2, -0.15) is 0 Å². The molecule has 1 aromatic heterocycles. The van der Waals surface area contributed by atoms with Crippen molar-refractivity contribution in [1.82, 2.24) is 9.97 Å². The fourth-order valence-corrected chi connectivity index (χ4v) is 1.35. The van der Waals surface area contributed by atoms with Crippen LogP contribution >= 0.6 is 0 Å². The molecule has 0 aliphatic rings. The van der Waals surface area contributed by atoms with Gasteiger partial charge in [-0.3, -0.25) is 4.98 Å². The zero-order valence-electron chi connectivity index (χ0n) is 9.07. The van der Waals surface area contributed by atoms with E-state index in [2.05, 4.69) is 35.6 Å². The smallest absolute Gasteiger partial charge is 0.149 e. The third-order valence-corrected chi connectivity index (χ3v) is 1.93. The van der Waals surface area contributed by atoms with Crippen LogP contribution in [0.25, 0.3) is 0 Å². The molecule has 4 heteroatoms. The minimum absolute atomic E-state index is 0.477. The van der Waals surface area contributed by atoms with Crippen LogP contribution in [0.1, 0.15) is 20.8 Å². The predicted molar refractivity (Wildman–Crippen MR) is 59.2 cm³/mol. The first-order valence-corrected chi connectivity index (χ1v) is 4.96. The Hall–Kier alpha value is -1.32. The van der Waals surface area contributed by atoms with Crippen molar-refractivity contribution in [3.8, 4) is 0 Å². The van der Waals surface area contributed by atoms with Crippen molar-refractivity contribution in [2.75, 3.05) is 23.7 Å². The van der Waals surface area contributed by atoms with Gasteiger partial charge in [0.25, 0.3) is 0 Å². The number of hydrogen-bond acceptors (Lipinski definition) is 4. The van der Waals surface area contributed by atoms with Crippen molar-refractivity contribution in [3.05, 3.63) is 12.4 Å². The summed E-state index contributed by atoms with van der Waals surface area (Å²) in [7, 11) is 0. The zero-order valence-corrected chi connectivity index (χ0v) is 9.07. The molecule has 0 radical (unpaired) electrons. The lowest BCUT2D eigenvalue weighted by Gasteiger charge is -2.23. The summed E-state index contributed by atoms with van der Waals surface area (Å²) in [5, 5.41) is 0. The highest BCUT2D eigenvalue weighted by Gasteiger charge is 2.07. The third kappa shape index (κ3) is 2.87. The maximum absolute atomic E-state index is 5.58. The van der Waals surface area contributed by atoms with E-state index in [0.717, 1.165) is 18.9 Å². The van der Waals surface area contributed by atoms with Crippen molar-refractivity contribution in [2.24, 2.45) is 5.92 Å². The normalized spacial score (nSPS) is 10.6. The van der Waals surface area contributed by atoms with Crippen LogP contribution < -0.4 is 10.6 Å². The van der Waals surface area contributed by atoms with Crippen molar-refractivity contribution < 1.29 is 0 Å². The van der Waals surface area contributed by atoms with Crippen LogP contribution in [0.4, 0.5) is 11.6 Å². The number of rotatable bonds is 4. The highest BCUT2D eigenvalue weighted by Crippen LogP contribution is 2.12. The van der Waals surface area contributed by atoms with Gasteiger partial charge >= 0.3 is 0 Å². The van der Waals surface area contributed by atoms with Crippen LogP contribution in [0, 0.1) is 5.92 Å². The molecule has 0 bridgehead atoms. The van der Waals surface area contributed by atoms with Gasteiger partial charge in [0.1, 0.15) is 11.6 Å². The Kier molecular flexibility index (Phi) is 3.68. The Balaban J connectivity index is 2.78. The average Bonchev–Trinajstić information content (AvgIpc) is 2.14. The van der Waals surface area contributed by atoms with Gasteiger partial charge in [0.05, 0.1) is 12.4 Å². The molecular weight excluding hydrogens is 176 g/mol. The van der Waals surface area contributed by atoms with E-state index in [-0.39, 0.29) is 0 Å². The molecule has 4 nitrogen and oxygen atoms in total. The van der Waals surface area contributed by atoms with Crippen molar-refractivity contribution in [3.63, 3.8) is 0 Å². The molecule has 0 aliphatic heterocycles. The van der Waals surface area contributed by atoms with E-state index >= 15 is 0 Å². The molecule has 0 saturated heterocycles. The summed E-state index contributed by atoms with van der Waals surface area (Å²) >= 11 is 0. The van der Waals surface area contributed by atoms with Gasteiger partial charge < -0.3 is 10.6 Å². The predicted octanol–water partition coefficient (Wildman–Crippen LogP) is 1.54. The molecule has 1 rings (SSSR count). The van der Waals surface area contributed by atoms with Gasteiger partial charge in [-0.1, -0.05) is 13.8 Å². The summed E-state index contributed by atoms with van der Waals surface area (Å²) in [6, 6.07) is 0. The van der Waals surface area contributed by atoms with E-state index in [0.29, 0.717) is 11.7 Å². The summed E-state index contributed by atoms with van der Waals surface area (Å²) in [6.07, 6.45) is 3.31. The standard InChI is InChI=1S/C10H18N4/c1-4-14(7-8(2)3)10-6-12-5-9(11)13-10/h5-6,8H,4,7H2,1-3H3,(H2,11,13). The molecule has 0 saturated carbocycles. The minimum atomic E-state index is 0.477. The largest absolute Gasteiger partial charge is 0.382 e. The Labute approximate surface area is 85.2 Å². The van der Waals surface area contributed by atoms with Gasteiger partial charge in [-0.25, -0.2) is 4.98 Å². The van der Waals surface area contributed by atoms with Crippen LogP contribution in [-0.2, 0) is 0 Å². The van der Waals surface area contributed by atoms with Crippen molar-refractivity contribution in [1.29, 1.82) is 0 Å². The van der Waals surface area contributed by atoms with E-state index < -0.39 is 0 Å². The van der Waals surface area contributed by atoms with Gasteiger partial charge in [0.2, 0.25) is 0 Å². The first-order valence-electron chi connectivity index (χ1n) is 4.96. The lowest BCUT2D eigenvalue weighted by Crippen LogP contribution is -2.28. The third-order valence-electron chi connectivity index (χ3n) is 1.93. The summed E-state index contributed by atoms with van der Waals surface area (Å²) in [6.45, 7) is 8.38. The summed E-state index contributed by atoms with van der Waals surface area (Å²) in [5.41, 5.74) is 5.58. The minimum Gasteiger partial charge on any atom is -0.382 e. The molecule has 0 amide bonds.